The number of benzene rings is 1. The van der Waals surface area contributed by atoms with Crippen LogP contribution in [-0.4, -0.2) is 37.9 Å². The molecule has 1 aliphatic heterocycles. The number of anilines is 1. The first-order valence-corrected chi connectivity index (χ1v) is 9.99. The van der Waals surface area contributed by atoms with Crippen LogP contribution in [0.3, 0.4) is 0 Å². The van der Waals surface area contributed by atoms with Crippen LogP contribution in [0.1, 0.15) is 24.8 Å². The number of hydrogen-bond donors (Lipinski definition) is 1. The van der Waals surface area contributed by atoms with E-state index in [1.54, 1.807) is 6.20 Å². The Morgan fingerprint density at radius 2 is 1.93 bits per heavy atom. The highest BCUT2D eigenvalue weighted by molar-refractivity contribution is 5.52. The highest BCUT2D eigenvalue weighted by Gasteiger charge is 2.49. The molecule has 0 bridgehead atoms. The van der Waals surface area contributed by atoms with Gasteiger partial charge < -0.3 is 14.6 Å². The maximum atomic E-state index is 11.6. The maximum Gasteiger partial charge on any atom is 0.160 e. The first kappa shape index (κ1) is 17.4. The van der Waals surface area contributed by atoms with Gasteiger partial charge in [-0.2, -0.15) is 0 Å². The minimum atomic E-state index is -0.751. The molecule has 6 nitrogen and oxygen atoms in total. The van der Waals surface area contributed by atoms with Gasteiger partial charge in [-0.05, 0) is 42.9 Å². The van der Waals surface area contributed by atoms with Gasteiger partial charge in [0, 0.05) is 38.4 Å². The number of rotatable bonds is 3. The third-order valence-corrected chi connectivity index (χ3v) is 6.49. The number of hydrogen-bond acceptors (Lipinski definition) is 5. The molecular formula is C22H25N5O. The van der Waals surface area contributed by atoms with Crippen molar-refractivity contribution in [2.24, 2.45) is 18.9 Å². The molecule has 1 aliphatic carbocycles. The van der Waals surface area contributed by atoms with Crippen molar-refractivity contribution < 1.29 is 5.11 Å². The van der Waals surface area contributed by atoms with Crippen LogP contribution < -0.4 is 4.90 Å². The minimum absolute atomic E-state index is 0.222. The van der Waals surface area contributed by atoms with Crippen molar-refractivity contribution in [2.45, 2.75) is 24.9 Å². The molecule has 1 aromatic carbocycles. The Labute approximate surface area is 164 Å². The smallest absolute Gasteiger partial charge is 0.160 e. The van der Waals surface area contributed by atoms with E-state index >= 15 is 0 Å². The first-order valence-electron chi connectivity index (χ1n) is 9.99. The number of aliphatic hydroxyl groups is 1. The summed E-state index contributed by atoms with van der Waals surface area (Å²) in [5.74, 6) is 2.39. The van der Waals surface area contributed by atoms with Gasteiger partial charge in [-0.25, -0.2) is 4.98 Å². The Morgan fingerprint density at radius 3 is 2.64 bits per heavy atom. The Morgan fingerprint density at radius 1 is 1.07 bits per heavy atom. The van der Waals surface area contributed by atoms with Crippen LogP contribution >= 0.6 is 0 Å². The van der Waals surface area contributed by atoms with Gasteiger partial charge in [0.2, 0.25) is 0 Å². The van der Waals surface area contributed by atoms with Crippen molar-refractivity contribution in [3.8, 4) is 11.5 Å². The summed E-state index contributed by atoms with van der Waals surface area (Å²) >= 11 is 0. The Kier molecular flexibility index (Phi) is 4.16. The van der Waals surface area contributed by atoms with E-state index < -0.39 is 5.60 Å². The average Bonchev–Trinajstić information content (AvgIpc) is 3.36. The Balaban J connectivity index is 1.39. The Bertz CT molecular complexity index is 955. The molecule has 2 aliphatic rings. The predicted octanol–water partition coefficient (Wildman–Crippen LogP) is 3.00. The van der Waals surface area contributed by atoms with Gasteiger partial charge in [-0.3, -0.25) is 0 Å². The molecule has 0 unspecified atom stereocenters. The molecule has 3 heterocycles. The van der Waals surface area contributed by atoms with Gasteiger partial charge >= 0.3 is 0 Å². The highest BCUT2D eigenvalue weighted by Crippen LogP contribution is 2.48. The van der Waals surface area contributed by atoms with Crippen molar-refractivity contribution in [1.82, 2.24) is 19.7 Å². The maximum absolute atomic E-state index is 11.6. The molecule has 0 amide bonds. The third kappa shape index (κ3) is 2.79. The van der Waals surface area contributed by atoms with Crippen LogP contribution in [0, 0.1) is 11.8 Å². The second-order valence-corrected chi connectivity index (χ2v) is 8.09. The molecule has 6 heteroatoms. The summed E-state index contributed by atoms with van der Waals surface area (Å²) in [5.41, 5.74) is 1.07. The van der Waals surface area contributed by atoms with Crippen molar-refractivity contribution in [3.05, 3.63) is 60.4 Å². The number of nitrogens with zero attached hydrogens (tertiary/aromatic N) is 5. The summed E-state index contributed by atoms with van der Waals surface area (Å²) < 4.78 is 1.94. The van der Waals surface area contributed by atoms with Crippen LogP contribution in [0.25, 0.3) is 11.5 Å². The van der Waals surface area contributed by atoms with Crippen LogP contribution in [0.4, 0.5) is 5.82 Å². The fraction of sp³-hybridized carbons (Fsp3) is 0.409. The van der Waals surface area contributed by atoms with Gasteiger partial charge in [0.25, 0.3) is 0 Å². The molecule has 5 rings (SSSR count). The van der Waals surface area contributed by atoms with Crippen molar-refractivity contribution in [3.63, 3.8) is 0 Å². The van der Waals surface area contributed by atoms with Gasteiger partial charge in [0.05, 0.1) is 5.60 Å². The van der Waals surface area contributed by atoms with E-state index in [1.807, 2.05) is 48.1 Å². The zero-order chi connectivity index (χ0) is 19.1. The van der Waals surface area contributed by atoms with Crippen LogP contribution in [0.2, 0.25) is 0 Å². The SMILES string of the molecule is Cn1ccnc1-c1ccc(N2C[C@@H]3CCC[C@@](O)(c4ccccc4)[C@@H]3C2)nn1. The lowest BCUT2D eigenvalue weighted by atomic mass is 9.67. The van der Waals surface area contributed by atoms with Gasteiger partial charge in [0.15, 0.2) is 11.6 Å². The molecule has 2 fully saturated rings. The minimum Gasteiger partial charge on any atom is -0.385 e. The average molecular weight is 375 g/mol. The van der Waals surface area contributed by atoms with E-state index in [4.69, 9.17) is 0 Å². The standard InChI is InChI=1S/C22H25N5O/c1-26-13-12-23-21(26)19-9-10-20(25-24-19)27-14-16-6-5-11-22(28,18(16)15-27)17-7-3-2-4-8-17/h2-4,7-10,12-13,16,18,28H,5-6,11,14-15H2,1H3/t16-,18+,22+/m0/s1. The highest BCUT2D eigenvalue weighted by atomic mass is 16.3. The van der Waals surface area contributed by atoms with Gasteiger partial charge in [0.1, 0.15) is 5.69 Å². The van der Waals surface area contributed by atoms with E-state index in [1.165, 1.54) is 0 Å². The van der Waals surface area contributed by atoms with Gasteiger partial charge in [-0.1, -0.05) is 30.3 Å². The zero-order valence-corrected chi connectivity index (χ0v) is 16.1. The Hall–Kier alpha value is -2.73. The zero-order valence-electron chi connectivity index (χ0n) is 16.1. The van der Waals surface area contributed by atoms with E-state index in [2.05, 4.69) is 32.2 Å². The fourth-order valence-corrected chi connectivity index (χ4v) is 5.02. The van der Waals surface area contributed by atoms with Crippen molar-refractivity contribution in [1.29, 1.82) is 0 Å². The molecule has 2 aromatic heterocycles. The first-order chi connectivity index (χ1) is 13.6. The predicted molar refractivity (Wildman–Crippen MR) is 108 cm³/mol. The van der Waals surface area contributed by atoms with E-state index in [0.717, 1.165) is 55.3 Å². The molecule has 28 heavy (non-hydrogen) atoms. The van der Waals surface area contributed by atoms with Gasteiger partial charge in [-0.15, -0.1) is 10.2 Å². The molecule has 0 radical (unpaired) electrons. The molecule has 3 aromatic rings. The lowest BCUT2D eigenvalue weighted by Gasteiger charge is -2.41. The van der Waals surface area contributed by atoms with E-state index in [0.29, 0.717) is 5.92 Å². The summed E-state index contributed by atoms with van der Waals surface area (Å²) in [4.78, 5) is 6.62. The second kappa shape index (κ2) is 6.71. The van der Waals surface area contributed by atoms with Crippen LogP contribution in [-0.2, 0) is 12.6 Å². The second-order valence-electron chi connectivity index (χ2n) is 8.09. The normalized spacial score (nSPS) is 27.0. The third-order valence-electron chi connectivity index (χ3n) is 6.49. The molecule has 1 saturated heterocycles. The lowest BCUT2D eigenvalue weighted by molar-refractivity contribution is -0.0631. The molecule has 144 valence electrons. The largest absolute Gasteiger partial charge is 0.385 e. The summed E-state index contributed by atoms with van der Waals surface area (Å²) in [7, 11) is 1.95. The fourth-order valence-electron chi connectivity index (χ4n) is 5.02. The topological polar surface area (TPSA) is 67.1 Å². The van der Waals surface area contributed by atoms with Crippen molar-refractivity contribution in [2.75, 3.05) is 18.0 Å². The van der Waals surface area contributed by atoms with Crippen LogP contribution in [0.15, 0.2) is 54.9 Å². The monoisotopic (exact) mass is 375 g/mol. The summed E-state index contributed by atoms with van der Waals surface area (Å²) in [6.07, 6.45) is 6.72. The van der Waals surface area contributed by atoms with Crippen molar-refractivity contribution >= 4 is 5.82 Å². The summed E-state index contributed by atoms with van der Waals surface area (Å²) in [5, 5.41) is 20.5. The number of aromatic nitrogens is 4. The van der Waals surface area contributed by atoms with E-state index in [-0.39, 0.29) is 5.92 Å². The summed E-state index contributed by atoms with van der Waals surface area (Å²) in [6.45, 7) is 1.74. The molecule has 0 spiro atoms. The summed E-state index contributed by atoms with van der Waals surface area (Å²) in [6, 6.07) is 14.2. The quantitative estimate of drug-likeness (QED) is 0.762. The van der Waals surface area contributed by atoms with Crippen LogP contribution in [0.5, 0.6) is 0 Å². The molecule has 1 saturated carbocycles. The van der Waals surface area contributed by atoms with E-state index in [9.17, 15) is 5.11 Å². The molecule has 3 atom stereocenters. The molecular weight excluding hydrogens is 350 g/mol. The lowest BCUT2D eigenvalue weighted by Crippen LogP contribution is -2.42. The number of aryl methyl sites for hydroxylation is 1. The number of fused-ring (bicyclic) bond motifs is 1. The molecule has 1 N–H and O–H groups in total. The number of imidazole rings is 1.